The van der Waals surface area contributed by atoms with Gasteiger partial charge in [0.2, 0.25) is 5.91 Å². The molecule has 0 bridgehead atoms. The van der Waals surface area contributed by atoms with Gasteiger partial charge in [0.05, 0.1) is 26.0 Å². The van der Waals surface area contributed by atoms with Crippen molar-refractivity contribution in [2.24, 2.45) is 5.41 Å². The molecule has 0 radical (unpaired) electrons. The lowest BCUT2D eigenvalue weighted by Crippen LogP contribution is -2.45. The van der Waals surface area contributed by atoms with E-state index >= 15 is 0 Å². The first kappa shape index (κ1) is 23.3. The largest absolute Gasteiger partial charge is 0.456 e. The third-order valence-electron chi connectivity index (χ3n) is 5.58. The number of amides is 1. The highest BCUT2D eigenvalue weighted by molar-refractivity contribution is 5.77. The second kappa shape index (κ2) is 9.56. The number of nitrogens with zero attached hydrogens (tertiary/aromatic N) is 2. The maximum absolute atomic E-state index is 12.7. The van der Waals surface area contributed by atoms with E-state index in [9.17, 15) is 18.0 Å². The van der Waals surface area contributed by atoms with Crippen LogP contribution in [-0.2, 0) is 20.4 Å². The van der Waals surface area contributed by atoms with Gasteiger partial charge in [-0.25, -0.2) is 4.98 Å². The quantitative estimate of drug-likeness (QED) is 0.642. The van der Waals surface area contributed by atoms with Crippen LogP contribution < -0.4 is 15.0 Å². The molecule has 3 heterocycles. The topological polar surface area (TPSA) is 72.9 Å². The molecular formula is C23H26F3N3O4. The Balaban J connectivity index is 1.26. The molecular weight excluding hydrogens is 439 g/mol. The molecule has 2 fully saturated rings. The van der Waals surface area contributed by atoms with Crippen molar-refractivity contribution < 1.29 is 32.2 Å². The minimum absolute atomic E-state index is 0.00686. The lowest BCUT2D eigenvalue weighted by Gasteiger charge is -2.37. The number of halogens is 3. The van der Waals surface area contributed by atoms with Gasteiger partial charge in [-0.1, -0.05) is 13.0 Å². The van der Waals surface area contributed by atoms with Crippen LogP contribution in [0.5, 0.6) is 11.5 Å². The number of alkyl halides is 3. The Labute approximate surface area is 189 Å². The van der Waals surface area contributed by atoms with Gasteiger partial charge >= 0.3 is 6.18 Å². The fourth-order valence-electron chi connectivity index (χ4n) is 3.79. The van der Waals surface area contributed by atoms with E-state index in [1.54, 1.807) is 6.07 Å². The van der Waals surface area contributed by atoms with E-state index < -0.39 is 11.9 Å². The number of carbonyl (C=O) groups is 1. The summed E-state index contributed by atoms with van der Waals surface area (Å²) >= 11 is 0. The van der Waals surface area contributed by atoms with E-state index in [0.29, 0.717) is 32.1 Å². The average molecular weight is 465 g/mol. The summed E-state index contributed by atoms with van der Waals surface area (Å²) in [5.74, 6) is 0.565. The molecule has 1 amide bonds. The highest BCUT2D eigenvalue weighted by Crippen LogP contribution is 2.31. The first-order valence-corrected chi connectivity index (χ1v) is 10.7. The van der Waals surface area contributed by atoms with Gasteiger partial charge in [0.25, 0.3) is 0 Å². The molecule has 0 unspecified atom stereocenters. The molecule has 0 aliphatic carbocycles. The monoisotopic (exact) mass is 465 g/mol. The number of pyridine rings is 1. The average Bonchev–Trinajstić information content (AvgIpc) is 3.21. The molecule has 178 valence electrons. The number of nitrogens with one attached hydrogen (secondary N) is 1. The van der Waals surface area contributed by atoms with E-state index in [-0.39, 0.29) is 29.7 Å². The van der Waals surface area contributed by atoms with E-state index in [1.807, 2.05) is 18.2 Å². The Kier molecular flexibility index (Phi) is 6.76. The molecule has 33 heavy (non-hydrogen) atoms. The first-order chi connectivity index (χ1) is 15.7. The molecule has 1 N–H and O–H groups in total. The summed E-state index contributed by atoms with van der Waals surface area (Å²) < 4.78 is 54.4. The zero-order valence-electron chi connectivity index (χ0n) is 18.2. The van der Waals surface area contributed by atoms with Gasteiger partial charge in [0, 0.05) is 36.3 Å². The van der Waals surface area contributed by atoms with Gasteiger partial charge in [-0.3, -0.25) is 4.79 Å². The van der Waals surface area contributed by atoms with Crippen LogP contribution in [0.25, 0.3) is 0 Å². The van der Waals surface area contributed by atoms with Crippen molar-refractivity contribution in [2.75, 3.05) is 44.4 Å². The molecule has 2 saturated heterocycles. The van der Waals surface area contributed by atoms with Crippen molar-refractivity contribution in [3.63, 3.8) is 0 Å². The van der Waals surface area contributed by atoms with Crippen LogP contribution in [0.2, 0.25) is 0 Å². The normalized spacial score (nSPS) is 19.8. The second-order valence-electron chi connectivity index (χ2n) is 8.77. The smallest absolute Gasteiger partial charge is 0.433 e. The number of benzene rings is 1. The fourth-order valence-corrected chi connectivity index (χ4v) is 3.79. The maximum atomic E-state index is 12.7. The van der Waals surface area contributed by atoms with Crippen molar-refractivity contribution in [1.82, 2.24) is 10.3 Å². The highest BCUT2D eigenvalue weighted by Gasteiger charge is 2.34. The Bertz CT molecular complexity index is 964. The second-order valence-corrected chi connectivity index (χ2v) is 8.77. The lowest BCUT2D eigenvalue weighted by atomic mass is 9.90. The van der Waals surface area contributed by atoms with Crippen molar-refractivity contribution in [3.8, 4) is 11.5 Å². The fraction of sp³-hybridized carbons (Fsp3) is 0.478. The summed E-state index contributed by atoms with van der Waals surface area (Å²) in [5.41, 5.74) is -0.0581. The molecule has 1 atom stereocenters. The van der Waals surface area contributed by atoms with Gasteiger partial charge in [-0.15, -0.1) is 0 Å². The third-order valence-corrected chi connectivity index (χ3v) is 5.58. The molecule has 1 aromatic heterocycles. The Morgan fingerprint density at radius 3 is 2.76 bits per heavy atom. The standard InChI is InChI=1S/C23H26F3N3O4/c1-22(14-32-15-22)13-31-12-21(30)28-16-7-8-29(11-16)17-3-2-4-18(9-17)33-19-5-6-20(27-10-19)23(24,25)26/h2-6,9-10,16H,7-8,11-15H2,1H3,(H,28,30)/t16-/m0/s1. The van der Waals surface area contributed by atoms with Crippen LogP contribution in [0.15, 0.2) is 42.6 Å². The van der Waals surface area contributed by atoms with Crippen molar-refractivity contribution in [3.05, 3.63) is 48.3 Å². The van der Waals surface area contributed by atoms with Crippen LogP contribution >= 0.6 is 0 Å². The summed E-state index contributed by atoms with van der Waals surface area (Å²) in [4.78, 5) is 17.7. The van der Waals surface area contributed by atoms with Gasteiger partial charge in [0.1, 0.15) is 23.8 Å². The Morgan fingerprint density at radius 1 is 1.27 bits per heavy atom. The van der Waals surface area contributed by atoms with E-state index in [2.05, 4.69) is 22.1 Å². The molecule has 4 rings (SSSR count). The molecule has 1 aromatic carbocycles. The van der Waals surface area contributed by atoms with Crippen LogP contribution in [0.1, 0.15) is 19.0 Å². The van der Waals surface area contributed by atoms with Crippen molar-refractivity contribution >= 4 is 11.6 Å². The molecule has 2 aliphatic heterocycles. The number of anilines is 1. The van der Waals surface area contributed by atoms with Crippen LogP contribution in [-0.4, -0.2) is 56.5 Å². The summed E-state index contributed by atoms with van der Waals surface area (Å²) in [7, 11) is 0. The van der Waals surface area contributed by atoms with Crippen molar-refractivity contribution in [1.29, 1.82) is 0 Å². The Morgan fingerprint density at radius 2 is 2.09 bits per heavy atom. The SMILES string of the molecule is CC1(COCC(=O)N[C@H]2CCN(c3cccc(Oc4ccc(C(F)(F)F)nc4)c3)C2)COC1. The molecule has 7 nitrogen and oxygen atoms in total. The molecule has 0 spiro atoms. The summed E-state index contributed by atoms with van der Waals surface area (Å²) in [6.07, 6.45) is -2.64. The van der Waals surface area contributed by atoms with E-state index in [4.69, 9.17) is 14.2 Å². The van der Waals surface area contributed by atoms with E-state index in [0.717, 1.165) is 30.9 Å². The predicted molar refractivity (Wildman–Crippen MR) is 114 cm³/mol. The molecule has 0 saturated carbocycles. The van der Waals surface area contributed by atoms with Gasteiger partial charge < -0.3 is 24.4 Å². The summed E-state index contributed by atoms with van der Waals surface area (Å²) in [5, 5.41) is 3.00. The number of hydrogen-bond donors (Lipinski definition) is 1. The van der Waals surface area contributed by atoms with Gasteiger partial charge in [-0.2, -0.15) is 13.2 Å². The van der Waals surface area contributed by atoms with Crippen molar-refractivity contribution in [2.45, 2.75) is 25.6 Å². The van der Waals surface area contributed by atoms with Crippen LogP contribution in [0.4, 0.5) is 18.9 Å². The van der Waals surface area contributed by atoms with Gasteiger partial charge in [0.15, 0.2) is 0 Å². The molecule has 2 aliphatic rings. The Hall–Kier alpha value is -2.85. The van der Waals surface area contributed by atoms with E-state index in [1.165, 1.54) is 6.07 Å². The number of hydrogen-bond acceptors (Lipinski definition) is 6. The van der Waals surface area contributed by atoms with Crippen LogP contribution in [0, 0.1) is 5.41 Å². The van der Waals surface area contributed by atoms with Crippen LogP contribution in [0.3, 0.4) is 0 Å². The predicted octanol–water partition coefficient (Wildman–Crippen LogP) is 3.64. The zero-order valence-corrected chi connectivity index (χ0v) is 18.2. The lowest BCUT2D eigenvalue weighted by molar-refractivity contribution is -0.147. The van der Waals surface area contributed by atoms with Gasteiger partial charge in [-0.05, 0) is 30.7 Å². The summed E-state index contributed by atoms with van der Waals surface area (Å²) in [6.45, 7) is 5.30. The zero-order chi connectivity index (χ0) is 23.5. The number of ether oxygens (including phenoxy) is 3. The first-order valence-electron chi connectivity index (χ1n) is 10.7. The maximum Gasteiger partial charge on any atom is 0.433 e. The molecule has 10 heteroatoms. The third kappa shape index (κ3) is 6.14. The number of rotatable bonds is 8. The number of carbonyl (C=O) groups excluding carboxylic acids is 1. The highest BCUT2D eigenvalue weighted by atomic mass is 19.4. The minimum Gasteiger partial charge on any atom is -0.456 e. The number of aromatic nitrogens is 1. The molecule has 2 aromatic rings. The minimum atomic E-state index is -4.49. The summed E-state index contributed by atoms with van der Waals surface area (Å²) in [6, 6.07) is 9.40.